The molecule has 0 bridgehead atoms. The zero-order valence-corrected chi connectivity index (χ0v) is 16.4. The number of hydrogen-bond acceptors (Lipinski definition) is 5. The van der Waals surface area contributed by atoms with Crippen LogP contribution in [0.5, 0.6) is 5.75 Å². The largest absolute Gasteiger partial charge is 0.494 e. The van der Waals surface area contributed by atoms with Crippen molar-refractivity contribution >= 4 is 50.0 Å². The van der Waals surface area contributed by atoms with Crippen molar-refractivity contribution in [3.63, 3.8) is 0 Å². The number of para-hydroxylation sites is 2. The maximum atomic E-state index is 12.5. The number of rotatable bonds is 3. The number of nitrogens with zero attached hydrogens (tertiary/aromatic N) is 3. The highest BCUT2D eigenvalue weighted by atomic mass is 35.5. The molecule has 1 N–H and O–H groups in total. The number of ether oxygens (including phenoxy) is 1. The highest BCUT2D eigenvalue weighted by Crippen LogP contribution is 2.34. The van der Waals surface area contributed by atoms with E-state index < -0.39 is 0 Å². The zero-order chi connectivity index (χ0) is 18.8. The molecule has 6 nitrogen and oxygen atoms in total. The molecule has 140 valence electrons. The van der Waals surface area contributed by atoms with Gasteiger partial charge in [-0.15, -0.1) is 0 Å². The third-order valence-corrected chi connectivity index (χ3v) is 5.95. The average molecular weight is 403 g/mol. The van der Waals surface area contributed by atoms with E-state index in [1.165, 1.54) is 0 Å². The molecule has 1 aliphatic rings. The van der Waals surface area contributed by atoms with Crippen LogP contribution in [0.4, 0.5) is 15.6 Å². The highest BCUT2D eigenvalue weighted by molar-refractivity contribution is 7.22. The Bertz CT molecular complexity index is 969. The maximum absolute atomic E-state index is 12.5. The van der Waals surface area contributed by atoms with Crippen LogP contribution in [-0.4, -0.2) is 49.2 Å². The van der Waals surface area contributed by atoms with Gasteiger partial charge >= 0.3 is 6.03 Å². The summed E-state index contributed by atoms with van der Waals surface area (Å²) in [4.78, 5) is 21.2. The second kappa shape index (κ2) is 7.62. The predicted octanol–water partition coefficient (Wildman–Crippen LogP) is 4.31. The number of urea groups is 1. The van der Waals surface area contributed by atoms with E-state index in [9.17, 15) is 4.79 Å². The number of anilines is 2. The summed E-state index contributed by atoms with van der Waals surface area (Å²) in [5.41, 5.74) is 1.52. The van der Waals surface area contributed by atoms with Crippen LogP contribution in [0.2, 0.25) is 5.02 Å². The standard InChI is InChI=1S/C19H19ClN4O2S/c1-26-15-7-4-8-16-17(15)22-19(27-16)24-11-9-23(10-12-24)18(25)21-14-6-3-2-5-13(14)20/h2-8H,9-12H2,1H3,(H,21,25). The summed E-state index contributed by atoms with van der Waals surface area (Å²) < 4.78 is 6.50. The molecule has 27 heavy (non-hydrogen) atoms. The maximum Gasteiger partial charge on any atom is 0.322 e. The number of aromatic nitrogens is 1. The van der Waals surface area contributed by atoms with Crippen LogP contribution >= 0.6 is 22.9 Å². The van der Waals surface area contributed by atoms with E-state index >= 15 is 0 Å². The van der Waals surface area contributed by atoms with Gasteiger partial charge in [0.15, 0.2) is 5.13 Å². The number of benzene rings is 2. The molecule has 3 aromatic rings. The van der Waals surface area contributed by atoms with Gasteiger partial charge in [-0.2, -0.15) is 0 Å². The molecule has 0 saturated carbocycles. The van der Waals surface area contributed by atoms with Crippen molar-refractivity contribution in [3.8, 4) is 5.75 Å². The fourth-order valence-electron chi connectivity index (χ4n) is 3.07. The first-order chi connectivity index (χ1) is 13.2. The number of halogens is 1. The lowest BCUT2D eigenvalue weighted by Gasteiger charge is -2.34. The summed E-state index contributed by atoms with van der Waals surface area (Å²) in [7, 11) is 1.66. The van der Waals surface area contributed by atoms with Crippen molar-refractivity contribution < 1.29 is 9.53 Å². The summed E-state index contributed by atoms with van der Waals surface area (Å²) in [5.74, 6) is 0.785. The van der Waals surface area contributed by atoms with Gasteiger partial charge in [0, 0.05) is 26.2 Å². The SMILES string of the molecule is COc1cccc2sc(N3CCN(C(=O)Nc4ccccc4Cl)CC3)nc12. The monoisotopic (exact) mass is 402 g/mol. The Labute approximate surface area is 166 Å². The first kappa shape index (κ1) is 17.9. The Morgan fingerprint density at radius 3 is 2.67 bits per heavy atom. The fourth-order valence-corrected chi connectivity index (χ4v) is 4.29. The molecule has 0 spiro atoms. The van der Waals surface area contributed by atoms with Gasteiger partial charge < -0.3 is 19.9 Å². The smallest absolute Gasteiger partial charge is 0.322 e. The fraction of sp³-hybridized carbons (Fsp3) is 0.263. The number of amides is 2. The molecule has 1 aromatic heterocycles. The van der Waals surface area contributed by atoms with Crippen molar-refractivity contribution in [1.82, 2.24) is 9.88 Å². The molecule has 0 unspecified atom stereocenters. The summed E-state index contributed by atoms with van der Waals surface area (Å²) in [6.07, 6.45) is 0. The molecule has 2 aromatic carbocycles. The molecule has 4 rings (SSSR count). The van der Waals surface area contributed by atoms with E-state index in [0.717, 1.165) is 34.2 Å². The number of thiazole rings is 1. The molecule has 0 radical (unpaired) electrons. The quantitative estimate of drug-likeness (QED) is 0.709. The summed E-state index contributed by atoms with van der Waals surface area (Å²) in [5, 5.41) is 4.37. The van der Waals surface area contributed by atoms with Gasteiger partial charge in [-0.25, -0.2) is 9.78 Å². The number of carbonyl (C=O) groups is 1. The van der Waals surface area contributed by atoms with Crippen molar-refractivity contribution in [2.75, 3.05) is 43.5 Å². The predicted molar refractivity (Wildman–Crippen MR) is 110 cm³/mol. The molecular formula is C19H19ClN4O2S. The van der Waals surface area contributed by atoms with Gasteiger partial charge in [0.1, 0.15) is 11.3 Å². The average Bonchev–Trinajstić information content (AvgIpc) is 3.14. The van der Waals surface area contributed by atoms with E-state index in [0.29, 0.717) is 23.8 Å². The van der Waals surface area contributed by atoms with Gasteiger partial charge in [0.2, 0.25) is 0 Å². The summed E-state index contributed by atoms with van der Waals surface area (Å²) >= 11 is 7.76. The van der Waals surface area contributed by atoms with Crippen LogP contribution in [0.1, 0.15) is 0 Å². The van der Waals surface area contributed by atoms with E-state index in [2.05, 4.69) is 10.2 Å². The van der Waals surface area contributed by atoms with Crippen LogP contribution in [0.15, 0.2) is 42.5 Å². The molecule has 8 heteroatoms. The Hall–Kier alpha value is -2.51. The molecule has 0 atom stereocenters. The van der Waals surface area contributed by atoms with Crippen molar-refractivity contribution in [1.29, 1.82) is 0 Å². The number of fused-ring (bicyclic) bond motifs is 1. The number of hydrogen-bond donors (Lipinski definition) is 1. The minimum atomic E-state index is -0.131. The lowest BCUT2D eigenvalue weighted by Crippen LogP contribution is -2.50. The summed E-state index contributed by atoms with van der Waals surface area (Å²) in [6.45, 7) is 2.73. The van der Waals surface area contributed by atoms with Gasteiger partial charge in [-0.05, 0) is 24.3 Å². The molecule has 1 aliphatic heterocycles. The Morgan fingerprint density at radius 2 is 1.93 bits per heavy atom. The van der Waals surface area contributed by atoms with E-state index in [-0.39, 0.29) is 6.03 Å². The van der Waals surface area contributed by atoms with E-state index in [1.807, 2.05) is 30.3 Å². The number of carbonyl (C=O) groups excluding carboxylic acids is 1. The van der Waals surface area contributed by atoms with Crippen LogP contribution in [0.3, 0.4) is 0 Å². The Morgan fingerprint density at radius 1 is 1.15 bits per heavy atom. The molecule has 0 aliphatic carbocycles. The van der Waals surface area contributed by atoms with Crippen LogP contribution in [0, 0.1) is 0 Å². The second-order valence-corrected chi connectivity index (χ2v) is 7.60. The van der Waals surface area contributed by atoms with Gasteiger partial charge in [-0.3, -0.25) is 0 Å². The van der Waals surface area contributed by atoms with Gasteiger partial charge in [-0.1, -0.05) is 41.1 Å². The third-order valence-electron chi connectivity index (χ3n) is 4.54. The summed E-state index contributed by atoms with van der Waals surface area (Å²) in [6, 6.07) is 13.1. The lowest BCUT2D eigenvalue weighted by atomic mass is 10.3. The Kier molecular flexibility index (Phi) is 5.05. The number of piperazine rings is 1. The molecule has 2 heterocycles. The third kappa shape index (κ3) is 3.65. The van der Waals surface area contributed by atoms with Crippen LogP contribution < -0.4 is 15.0 Å². The normalized spacial score (nSPS) is 14.4. The minimum Gasteiger partial charge on any atom is -0.494 e. The zero-order valence-electron chi connectivity index (χ0n) is 14.8. The van der Waals surface area contributed by atoms with Gasteiger partial charge in [0.25, 0.3) is 0 Å². The Balaban J connectivity index is 1.41. The first-order valence-corrected chi connectivity index (χ1v) is 9.84. The van der Waals surface area contributed by atoms with Crippen molar-refractivity contribution in [2.45, 2.75) is 0 Å². The van der Waals surface area contributed by atoms with E-state index in [1.54, 1.807) is 35.5 Å². The van der Waals surface area contributed by atoms with Crippen molar-refractivity contribution in [2.24, 2.45) is 0 Å². The molecule has 2 amide bonds. The minimum absolute atomic E-state index is 0.131. The second-order valence-electron chi connectivity index (χ2n) is 6.19. The topological polar surface area (TPSA) is 57.7 Å². The van der Waals surface area contributed by atoms with Crippen molar-refractivity contribution in [3.05, 3.63) is 47.5 Å². The number of nitrogens with one attached hydrogen (secondary N) is 1. The van der Waals surface area contributed by atoms with Crippen LogP contribution in [-0.2, 0) is 0 Å². The first-order valence-electron chi connectivity index (χ1n) is 8.64. The molecular weight excluding hydrogens is 384 g/mol. The van der Waals surface area contributed by atoms with E-state index in [4.69, 9.17) is 21.3 Å². The van der Waals surface area contributed by atoms with Crippen LogP contribution in [0.25, 0.3) is 10.2 Å². The molecule has 1 saturated heterocycles. The van der Waals surface area contributed by atoms with Gasteiger partial charge in [0.05, 0.1) is 22.5 Å². The molecule has 1 fully saturated rings. The number of methoxy groups -OCH3 is 1. The lowest BCUT2D eigenvalue weighted by molar-refractivity contribution is 0.208. The highest BCUT2D eigenvalue weighted by Gasteiger charge is 2.24.